The van der Waals surface area contributed by atoms with Crippen molar-refractivity contribution in [3.8, 4) is 28.4 Å². The Morgan fingerprint density at radius 1 is 1.00 bits per heavy atom. The summed E-state index contributed by atoms with van der Waals surface area (Å²) in [4.78, 5) is 18.1. The molecular weight excluding hydrogens is 485 g/mol. The third-order valence-corrected chi connectivity index (χ3v) is 5.53. The lowest BCUT2D eigenvalue weighted by molar-refractivity contribution is -0.274. The molecule has 0 spiro atoms. The highest BCUT2D eigenvalue weighted by Crippen LogP contribution is 2.33. The molecule has 0 atom stereocenters. The van der Waals surface area contributed by atoms with E-state index in [1.54, 1.807) is 49.7 Å². The van der Waals surface area contributed by atoms with Crippen LogP contribution >= 0.6 is 0 Å². The van der Waals surface area contributed by atoms with Crippen molar-refractivity contribution in [3.63, 3.8) is 0 Å². The maximum absolute atomic E-state index is 13.4. The molecule has 0 unspecified atom stereocenters. The number of ether oxygens (including phenoxy) is 3. The highest BCUT2D eigenvalue weighted by molar-refractivity contribution is 5.81. The highest BCUT2D eigenvalue weighted by Gasteiger charge is 2.31. The van der Waals surface area contributed by atoms with Crippen molar-refractivity contribution in [2.45, 2.75) is 26.1 Å². The van der Waals surface area contributed by atoms with E-state index in [9.17, 15) is 18.0 Å². The van der Waals surface area contributed by atoms with Gasteiger partial charge in [-0.05, 0) is 54.5 Å². The van der Waals surface area contributed by atoms with Gasteiger partial charge >= 0.3 is 6.36 Å². The van der Waals surface area contributed by atoms with Crippen LogP contribution in [0.2, 0.25) is 0 Å². The van der Waals surface area contributed by atoms with Gasteiger partial charge in [-0.25, -0.2) is 4.98 Å². The molecule has 4 rings (SSSR count). The second-order valence-corrected chi connectivity index (χ2v) is 8.09. The van der Waals surface area contributed by atoms with Gasteiger partial charge in [-0.3, -0.25) is 9.20 Å². The summed E-state index contributed by atoms with van der Waals surface area (Å²) in [6.07, 6.45) is 2.09. The number of hydrogen-bond donors (Lipinski definition) is 0. The van der Waals surface area contributed by atoms with Crippen molar-refractivity contribution in [2.24, 2.45) is 0 Å². The molecule has 37 heavy (non-hydrogen) atoms. The first-order chi connectivity index (χ1) is 17.8. The molecule has 0 aliphatic carbocycles. The van der Waals surface area contributed by atoms with E-state index in [1.165, 1.54) is 16.5 Å². The summed E-state index contributed by atoms with van der Waals surface area (Å²) in [5.41, 5.74) is 1.77. The smallest absolute Gasteiger partial charge is 0.493 e. The van der Waals surface area contributed by atoms with Gasteiger partial charge in [0.2, 0.25) is 0 Å². The van der Waals surface area contributed by atoms with Gasteiger partial charge in [-0.2, -0.15) is 0 Å². The van der Waals surface area contributed by atoms with Crippen LogP contribution in [-0.4, -0.2) is 29.5 Å². The van der Waals surface area contributed by atoms with Crippen LogP contribution < -0.4 is 19.8 Å². The van der Waals surface area contributed by atoms with Crippen LogP contribution in [0.4, 0.5) is 13.2 Å². The molecule has 0 N–H and O–H groups in total. The first-order valence-electron chi connectivity index (χ1n) is 11.7. The lowest BCUT2D eigenvalue weighted by Crippen LogP contribution is -2.19. The molecule has 4 aromatic rings. The molecule has 0 radical (unpaired) electrons. The molecule has 2 heterocycles. The quantitative estimate of drug-likeness (QED) is 0.237. The standard InChI is InChI=1S/C28H25F3N2O4/c1-3-4-18-36-26-20(8-7-9-23(26)35-2)13-16-22-25(27(34)33-17-6-5-10-24(33)32-22)19-11-14-21(15-12-19)37-28(29,30)31/h5-17H,3-4,18H2,1-2H3/b16-13+. The van der Waals surface area contributed by atoms with Crippen molar-refractivity contribution in [1.29, 1.82) is 0 Å². The number of unbranched alkanes of at least 4 members (excludes halogenated alkanes) is 1. The summed E-state index contributed by atoms with van der Waals surface area (Å²) in [7, 11) is 1.56. The molecule has 2 aromatic carbocycles. The second-order valence-electron chi connectivity index (χ2n) is 8.09. The van der Waals surface area contributed by atoms with E-state index in [0.29, 0.717) is 35.0 Å². The fraction of sp³-hybridized carbons (Fsp3) is 0.214. The molecule has 0 amide bonds. The van der Waals surface area contributed by atoms with Gasteiger partial charge in [0.15, 0.2) is 11.5 Å². The molecule has 6 nitrogen and oxygen atoms in total. The zero-order valence-corrected chi connectivity index (χ0v) is 20.3. The Bertz CT molecular complexity index is 1460. The zero-order chi connectivity index (χ0) is 26.4. The number of hydrogen-bond acceptors (Lipinski definition) is 5. The molecule has 9 heteroatoms. The predicted octanol–water partition coefficient (Wildman–Crippen LogP) is 6.62. The number of aromatic nitrogens is 2. The van der Waals surface area contributed by atoms with Crippen LogP contribution in [0.25, 0.3) is 28.9 Å². The summed E-state index contributed by atoms with van der Waals surface area (Å²) in [5, 5.41) is 0. The third-order valence-electron chi connectivity index (χ3n) is 5.53. The number of methoxy groups -OCH3 is 1. The number of nitrogens with zero attached hydrogens (tertiary/aromatic N) is 2. The van der Waals surface area contributed by atoms with E-state index in [4.69, 9.17) is 9.47 Å². The minimum Gasteiger partial charge on any atom is -0.493 e. The molecule has 2 aromatic heterocycles. The van der Waals surface area contributed by atoms with Gasteiger partial charge in [0.25, 0.3) is 5.56 Å². The van der Waals surface area contributed by atoms with Crippen molar-refractivity contribution < 1.29 is 27.4 Å². The molecule has 192 valence electrons. The van der Waals surface area contributed by atoms with E-state index >= 15 is 0 Å². The summed E-state index contributed by atoms with van der Waals surface area (Å²) in [5.74, 6) is 0.764. The average molecular weight is 511 g/mol. The number of alkyl halides is 3. The highest BCUT2D eigenvalue weighted by atomic mass is 19.4. The van der Waals surface area contributed by atoms with Crippen LogP contribution in [-0.2, 0) is 0 Å². The number of pyridine rings is 1. The van der Waals surface area contributed by atoms with Crippen molar-refractivity contribution in [2.75, 3.05) is 13.7 Å². The van der Waals surface area contributed by atoms with Gasteiger partial charge in [0, 0.05) is 11.8 Å². The predicted molar refractivity (Wildman–Crippen MR) is 136 cm³/mol. The van der Waals surface area contributed by atoms with Crippen LogP contribution in [0.1, 0.15) is 31.0 Å². The Morgan fingerprint density at radius 3 is 2.49 bits per heavy atom. The van der Waals surface area contributed by atoms with Gasteiger partial charge in [0.1, 0.15) is 11.4 Å². The Balaban J connectivity index is 1.81. The third kappa shape index (κ3) is 6.11. The van der Waals surface area contributed by atoms with Crippen LogP contribution in [0.3, 0.4) is 0 Å². The average Bonchev–Trinajstić information content (AvgIpc) is 2.88. The van der Waals surface area contributed by atoms with E-state index < -0.39 is 6.36 Å². The Labute approximate surface area is 211 Å². The Kier molecular flexibility index (Phi) is 7.81. The zero-order valence-electron chi connectivity index (χ0n) is 20.3. The van der Waals surface area contributed by atoms with Crippen molar-refractivity contribution >= 4 is 17.8 Å². The number of para-hydroxylation sites is 1. The number of rotatable bonds is 9. The number of fused-ring (bicyclic) bond motifs is 1. The first-order valence-corrected chi connectivity index (χ1v) is 11.7. The van der Waals surface area contributed by atoms with Crippen molar-refractivity contribution in [3.05, 3.63) is 88.5 Å². The summed E-state index contributed by atoms with van der Waals surface area (Å²) in [6.45, 7) is 2.59. The maximum Gasteiger partial charge on any atom is 0.573 e. The lowest BCUT2D eigenvalue weighted by Gasteiger charge is -2.13. The topological polar surface area (TPSA) is 62.1 Å². The monoisotopic (exact) mass is 510 g/mol. The van der Waals surface area contributed by atoms with Crippen LogP contribution in [0.5, 0.6) is 17.2 Å². The lowest BCUT2D eigenvalue weighted by atomic mass is 10.0. The van der Waals surface area contributed by atoms with E-state index in [0.717, 1.165) is 30.5 Å². The van der Waals surface area contributed by atoms with Gasteiger partial charge in [0.05, 0.1) is 25.0 Å². The summed E-state index contributed by atoms with van der Waals surface area (Å²) >= 11 is 0. The Hall–Kier alpha value is -4.27. The summed E-state index contributed by atoms with van der Waals surface area (Å²) in [6, 6.07) is 15.8. The van der Waals surface area contributed by atoms with Crippen molar-refractivity contribution in [1.82, 2.24) is 9.38 Å². The first kappa shape index (κ1) is 25.8. The molecule has 0 aliphatic heterocycles. The summed E-state index contributed by atoms with van der Waals surface area (Å²) < 4.78 is 54.6. The SMILES string of the molecule is CCCCOc1c(/C=C/c2nc3ccccn3c(=O)c2-c2ccc(OC(F)(F)F)cc2)cccc1OC. The minimum absolute atomic E-state index is 0.231. The molecular formula is C28H25F3N2O4. The second kappa shape index (κ2) is 11.2. The van der Waals surface area contributed by atoms with Gasteiger partial charge in [-0.1, -0.05) is 43.7 Å². The fourth-order valence-electron chi connectivity index (χ4n) is 3.79. The fourth-order valence-corrected chi connectivity index (χ4v) is 3.79. The van der Waals surface area contributed by atoms with Gasteiger partial charge < -0.3 is 14.2 Å². The minimum atomic E-state index is -4.81. The normalized spacial score (nSPS) is 11.7. The molecule has 0 fully saturated rings. The Morgan fingerprint density at radius 2 is 1.78 bits per heavy atom. The van der Waals surface area contributed by atoms with E-state index in [1.807, 2.05) is 12.1 Å². The maximum atomic E-state index is 13.4. The molecule has 0 aliphatic rings. The van der Waals surface area contributed by atoms with Crippen LogP contribution in [0, 0.1) is 0 Å². The largest absolute Gasteiger partial charge is 0.573 e. The van der Waals surface area contributed by atoms with E-state index in [-0.39, 0.29) is 16.9 Å². The van der Waals surface area contributed by atoms with Gasteiger partial charge in [-0.15, -0.1) is 13.2 Å². The number of halogens is 3. The van der Waals surface area contributed by atoms with E-state index in [2.05, 4.69) is 16.6 Å². The molecule has 0 saturated carbocycles. The van der Waals surface area contributed by atoms with Crippen LogP contribution in [0.15, 0.2) is 71.7 Å². The number of benzene rings is 2. The molecule has 0 saturated heterocycles. The molecule has 0 bridgehead atoms.